The predicted octanol–water partition coefficient (Wildman–Crippen LogP) is 8.66. The van der Waals surface area contributed by atoms with Crippen LogP contribution in [0.3, 0.4) is 0 Å². The minimum atomic E-state index is 0. The van der Waals surface area contributed by atoms with Gasteiger partial charge in [-0.25, -0.2) is 4.98 Å². The molecular formula is C39H34N4OPt-2. The summed E-state index contributed by atoms with van der Waals surface area (Å²) in [6.45, 7) is 13.1. The maximum absolute atomic E-state index is 6.37. The molecule has 3 aromatic heterocycles. The first-order chi connectivity index (χ1) is 21.2. The Balaban J connectivity index is 0.00000357. The van der Waals surface area contributed by atoms with Gasteiger partial charge in [-0.2, -0.15) is 18.2 Å². The topological polar surface area (TPSA) is 35.9 Å². The van der Waals surface area contributed by atoms with Gasteiger partial charge in [-0.1, -0.05) is 56.1 Å². The monoisotopic (exact) mass is 769 g/mol. The maximum Gasteiger partial charge on any atom is 0.267 e. The van der Waals surface area contributed by atoms with Crippen molar-refractivity contribution in [1.29, 1.82) is 0 Å². The van der Waals surface area contributed by atoms with Crippen molar-refractivity contribution in [3.05, 3.63) is 138 Å². The van der Waals surface area contributed by atoms with E-state index in [9.17, 15) is 0 Å². The molecule has 7 rings (SSSR count). The maximum atomic E-state index is 6.37. The second-order valence-corrected chi connectivity index (χ2v) is 12.5. The Labute approximate surface area is 279 Å². The smallest absolute Gasteiger partial charge is 0.267 e. The Morgan fingerprint density at radius 3 is 2.38 bits per heavy atom. The Morgan fingerprint density at radius 1 is 0.778 bits per heavy atom. The van der Waals surface area contributed by atoms with Crippen molar-refractivity contribution in [3.63, 3.8) is 0 Å². The normalized spacial score (nSPS) is 11.6. The minimum absolute atomic E-state index is 0. The molecule has 0 aliphatic heterocycles. The van der Waals surface area contributed by atoms with Gasteiger partial charge >= 0.3 is 0 Å². The number of hydrogen-bond acceptors (Lipinski definition) is 2. The molecule has 0 atom stereocenters. The van der Waals surface area contributed by atoms with Gasteiger partial charge in [-0.15, -0.1) is 29.7 Å². The third kappa shape index (κ3) is 5.73. The Hall–Kier alpha value is -4.47. The van der Waals surface area contributed by atoms with Crippen molar-refractivity contribution in [1.82, 2.24) is 14.1 Å². The molecule has 4 aromatic carbocycles. The summed E-state index contributed by atoms with van der Waals surface area (Å²) in [7, 11) is 0. The number of fused-ring (bicyclic) bond motifs is 3. The number of pyridine rings is 1. The van der Waals surface area contributed by atoms with E-state index < -0.39 is 0 Å². The molecule has 7 aromatic rings. The molecule has 5 nitrogen and oxygen atoms in total. The van der Waals surface area contributed by atoms with Crippen LogP contribution < -0.4 is 9.30 Å². The molecule has 0 amide bonds. The van der Waals surface area contributed by atoms with Crippen LogP contribution in [0.1, 0.15) is 43.0 Å². The number of hydrogen-bond donors (Lipinski definition) is 0. The van der Waals surface area contributed by atoms with Crippen LogP contribution in [0, 0.1) is 39.2 Å². The number of ether oxygens (including phenoxy) is 1. The van der Waals surface area contributed by atoms with Crippen molar-refractivity contribution in [2.24, 2.45) is 0 Å². The van der Waals surface area contributed by atoms with Crippen molar-refractivity contribution in [2.45, 2.75) is 47.0 Å². The molecule has 0 aliphatic rings. The number of aromatic nitrogens is 4. The SMILES string of the molecule is Cc1cc(C)c(-[n+]2[c-]n(-c3[c-]c(Oc4[c-]c5c(cc4)c4ccccc4n5-c4cc(C(C)(C)C)ccn4)ccc3)cc2)cc1C.[Pt]. The number of benzene rings is 4. The largest absolute Gasteiger partial charge is 0.510 e. The number of rotatable bonds is 5. The number of aryl methyl sites for hydroxylation is 3. The van der Waals surface area contributed by atoms with Gasteiger partial charge in [-0.05, 0) is 78.2 Å². The summed E-state index contributed by atoms with van der Waals surface area (Å²) in [5.41, 5.74) is 8.92. The average Bonchev–Trinajstić information content (AvgIpc) is 3.62. The van der Waals surface area contributed by atoms with Crippen LogP contribution in [0.5, 0.6) is 11.5 Å². The molecule has 0 aliphatic carbocycles. The van der Waals surface area contributed by atoms with E-state index in [4.69, 9.17) is 9.72 Å². The summed E-state index contributed by atoms with van der Waals surface area (Å²) >= 11 is 0. The molecule has 0 saturated heterocycles. The first-order valence-corrected chi connectivity index (χ1v) is 14.9. The van der Waals surface area contributed by atoms with Gasteiger partial charge in [0.05, 0.1) is 5.69 Å². The molecule has 0 saturated carbocycles. The zero-order valence-corrected chi connectivity index (χ0v) is 28.5. The molecule has 3 heterocycles. The molecule has 0 bridgehead atoms. The van der Waals surface area contributed by atoms with E-state index in [1.54, 1.807) is 0 Å². The number of nitrogens with zero attached hydrogens (tertiary/aromatic N) is 4. The van der Waals surface area contributed by atoms with Crippen molar-refractivity contribution in [2.75, 3.05) is 0 Å². The van der Waals surface area contributed by atoms with E-state index >= 15 is 0 Å². The van der Waals surface area contributed by atoms with Crippen molar-refractivity contribution in [3.8, 4) is 28.7 Å². The van der Waals surface area contributed by atoms with E-state index in [2.05, 4.69) is 119 Å². The summed E-state index contributed by atoms with van der Waals surface area (Å²) in [5.74, 6) is 2.07. The Kier molecular flexibility index (Phi) is 8.01. The summed E-state index contributed by atoms with van der Waals surface area (Å²) in [5, 5.41) is 2.25. The van der Waals surface area contributed by atoms with Gasteiger partial charge in [0, 0.05) is 56.7 Å². The molecule has 228 valence electrons. The fourth-order valence-corrected chi connectivity index (χ4v) is 5.72. The average molecular weight is 770 g/mol. The quantitative estimate of drug-likeness (QED) is 0.130. The van der Waals surface area contributed by atoms with Gasteiger partial charge < -0.3 is 13.9 Å². The zero-order valence-electron chi connectivity index (χ0n) is 26.3. The van der Waals surface area contributed by atoms with Gasteiger partial charge in [-0.3, -0.25) is 4.57 Å². The zero-order chi connectivity index (χ0) is 30.6. The summed E-state index contributed by atoms with van der Waals surface area (Å²) < 4.78 is 12.5. The molecule has 6 heteroatoms. The third-order valence-electron chi connectivity index (χ3n) is 8.28. The first-order valence-electron chi connectivity index (χ1n) is 14.9. The number of para-hydroxylation sites is 1. The van der Waals surface area contributed by atoms with Crippen LogP contribution in [0.2, 0.25) is 0 Å². The first kappa shape index (κ1) is 30.6. The van der Waals surface area contributed by atoms with E-state index in [-0.39, 0.29) is 26.5 Å². The Morgan fingerprint density at radius 2 is 1.56 bits per heavy atom. The van der Waals surface area contributed by atoms with Crippen LogP contribution in [0.4, 0.5) is 0 Å². The van der Waals surface area contributed by atoms with Gasteiger partial charge in [0.25, 0.3) is 6.33 Å². The van der Waals surface area contributed by atoms with Crippen LogP contribution in [-0.4, -0.2) is 14.1 Å². The van der Waals surface area contributed by atoms with Crippen molar-refractivity contribution < 1.29 is 30.4 Å². The molecule has 0 radical (unpaired) electrons. The van der Waals surface area contributed by atoms with Gasteiger partial charge in [0.15, 0.2) is 0 Å². The van der Waals surface area contributed by atoms with Crippen LogP contribution in [0.25, 0.3) is 39.0 Å². The Bertz CT molecular complexity index is 2180. The fraction of sp³-hybridized carbons (Fsp3) is 0.179. The van der Waals surface area contributed by atoms with Gasteiger partial charge in [0.1, 0.15) is 5.82 Å². The second-order valence-electron chi connectivity index (χ2n) is 12.5. The van der Waals surface area contributed by atoms with E-state index in [0.29, 0.717) is 11.5 Å². The molecule has 0 fully saturated rings. The molecule has 0 spiro atoms. The molecule has 0 unspecified atom stereocenters. The van der Waals surface area contributed by atoms with Gasteiger partial charge in [0.2, 0.25) is 0 Å². The molecule has 45 heavy (non-hydrogen) atoms. The minimum Gasteiger partial charge on any atom is -0.510 e. The van der Waals surface area contributed by atoms with Crippen LogP contribution >= 0.6 is 0 Å². The standard InChI is InChI=1S/C39H34N4O.Pt/c1-26-20-28(3)36(21-27(26)2)42-19-18-41(25-42)30-10-9-11-31(23-30)44-32-14-15-34-33-12-7-8-13-35(33)43(37(34)24-32)38-22-29(16-17-40-38)39(4,5)6;/h7-22H,1-6H3;/q-2;. The van der Waals surface area contributed by atoms with E-state index in [0.717, 1.165) is 39.0 Å². The summed E-state index contributed by atoms with van der Waals surface area (Å²) in [4.78, 5) is 4.78. The van der Waals surface area contributed by atoms with Crippen LogP contribution in [-0.2, 0) is 26.5 Å². The molecular weight excluding hydrogens is 736 g/mol. The number of imidazole rings is 1. The summed E-state index contributed by atoms with van der Waals surface area (Å²) in [6.07, 6.45) is 9.32. The third-order valence-corrected chi connectivity index (χ3v) is 8.28. The van der Waals surface area contributed by atoms with Crippen molar-refractivity contribution >= 4 is 21.8 Å². The summed E-state index contributed by atoms with van der Waals surface area (Å²) in [6, 6.07) is 34.0. The predicted molar refractivity (Wildman–Crippen MR) is 175 cm³/mol. The van der Waals surface area contributed by atoms with E-state index in [1.165, 1.54) is 22.3 Å². The molecule has 0 N–H and O–H groups in total. The second kappa shape index (κ2) is 11.8. The fourth-order valence-electron chi connectivity index (χ4n) is 5.72. The van der Waals surface area contributed by atoms with E-state index in [1.807, 2.05) is 52.0 Å². The van der Waals surface area contributed by atoms with Crippen LogP contribution in [0.15, 0.2) is 97.5 Å².